The van der Waals surface area contributed by atoms with E-state index in [9.17, 15) is 4.79 Å². The summed E-state index contributed by atoms with van der Waals surface area (Å²) >= 11 is 0. The Kier molecular flexibility index (Phi) is 3.68. The van der Waals surface area contributed by atoms with Gasteiger partial charge < -0.3 is 10.2 Å². The number of carbonyl (C=O) groups excluding carboxylic acids is 1. The maximum absolute atomic E-state index is 12.1. The first kappa shape index (κ1) is 11.6. The number of carbonyl (C=O) groups is 1. The van der Waals surface area contributed by atoms with Crippen LogP contribution in [0.25, 0.3) is 0 Å². The fraction of sp³-hybridized carbons (Fsp3) is 0.417. The second-order valence-electron chi connectivity index (χ2n) is 3.97. The summed E-state index contributed by atoms with van der Waals surface area (Å²) in [6, 6.07) is 5.47. The molecule has 0 bridgehead atoms. The summed E-state index contributed by atoms with van der Waals surface area (Å²) in [6.07, 6.45) is 3.67. The van der Waals surface area contributed by atoms with E-state index in [-0.39, 0.29) is 11.9 Å². The minimum Gasteiger partial charge on any atom is -0.324 e. The molecule has 2 heterocycles. The van der Waals surface area contributed by atoms with Crippen LogP contribution < -0.4 is 5.32 Å². The predicted molar refractivity (Wildman–Crippen MR) is 61.9 cm³/mol. The molecule has 1 amide bonds. The summed E-state index contributed by atoms with van der Waals surface area (Å²) in [4.78, 5) is 17.7. The van der Waals surface area contributed by atoms with Crippen LogP contribution in [0.1, 0.15) is 5.56 Å². The number of nitrogens with one attached hydrogen (secondary N) is 1. The highest BCUT2D eigenvalue weighted by molar-refractivity contribution is 5.79. The number of aromatic nitrogens is 1. The van der Waals surface area contributed by atoms with E-state index in [1.54, 1.807) is 17.3 Å². The maximum atomic E-state index is 12.1. The minimum absolute atomic E-state index is 0.00829. The molecule has 0 radical (unpaired) electrons. The summed E-state index contributed by atoms with van der Waals surface area (Å²) in [5, 5.41) is 12.1. The number of nitrogens with zero attached hydrogens (tertiary/aromatic N) is 3. The number of nitriles is 1. The third-order valence-corrected chi connectivity index (χ3v) is 2.79. The lowest BCUT2D eigenvalue weighted by molar-refractivity contribution is -0.132. The van der Waals surface area contributed by atoms with E-state index < -0.39 is 0 Å². The van der Waals surface area contributed by atoms with Gasteiger partial charge in [0.05, 0.1) is 12.5 Å². The van der Waals surface area contributed by atoms with Crippen molar-refractivity contribution in [1.29, 1.82) is 5.26 Å². The zero-order valence-corrected chi connectivity index (χ0v) is 9.47. The van der Waals surface area contributed by atoms with Gasteiger partial charge in [-0.1, -0.05) is 6.07 Å². The molecule has 1 aromatic heterocycles. The van der Waals surface area contributed by atoms with Gasteiger partial charge in [0, 0.05) is 32.0 Å². The van der Waals surface area contributed by atoms with Gasteiger partial charge in [0.25, 0.3) is 0 Å². The molecular formula is C12H14N4O. The number of piperazine rings is 1. The molecule has 0 aromatic carbocycles. The first-order chi connectivity index (χ1) is 8.31. The molecule has 88 valence electrons. The Labute approximate surface area is 100 Å². The largest absolute Gasteiger partial charge is 0.324 e. The standard InChI is InChI=1S/C12H14N4O/c13-7-11-9-15-4-5-16(11)12(17)6-10-2-1-3-14-8-10/h1-3,8,11,15H,4-6,9H2. The first-order valence-corrected chi connectivity index (χ1v) is 5.60. The zero-order valence-electron chi connectivity index (χ0n) is 9.47. The van der Waals surface area contributed by atoms with Crippen LogP contribution in [0.15, 0.2) is 24.5 Å². The van der Waals surface area contributed by atoms with Crippen LogP contribution in [0.3, 0.4) is 0 Å². The molecule has 5 heteroatoms. The summed E-state index contributed by atoms with van der Waals surface area (Å²) in [5.41, 5.74) is 0.882. The fourth-order valence-corrected chi connectivity index (χ4v) is 1.90. The Balaban J connectivity index is 2.02. The van der Waals surface area contributed by atoms with E-state index in [0.717, 1.165) is 12.1 Å². The Morgan fingerprint density at radius 1 is 1.71 bits per heavy atom. The highest BCUT2D eigenvalue weighted by atomic mass is 16.2. The van der Waals surface area contributed by atoms with E-state index in [1.807, 2.05) is 12.1 Å². The lowest BCUT2D eigenvalue weighted by Gasteiger charge is -2.32. The van der Waals surface area contributed by atoms with Gasteiger partial charge in [0.2, 0.25) is 5.91 Å². The van der Waals surface area contributed by atoms with Crippen LogP contribution in [0.5, 0.6) is 0 Å². The van der Waals surface area contributed by atoms with Crippen LogP contribution in [-0.2, 0) is 11.2 Å². The van der Waals surface area contributed by atoms with Gasteiger partial charge in [-0.3, -0.25) is 9.78 Å². The predicted octanol–water partition coefficient (Wildman–Crippen LogP) is -0.0519. The van der Waals surface area contributed by atoms with Gasteiger partial charge in [-0.25, -0.2) is 0 Å². The fourth-order valence-electron chi connectivity index (χ4n) is 1.90. The second-order valence-corrected chi connectivity index (χ2v) is 3.97. The van der Waals surface area contributed by atoms with Gasteiger partial charge >= 0.3 is 0 Å². The molecule has 1 unspecified atom stereocenters. The SMILES string of the molecule is N#CC1CNCCN1C(=O)Cc1cccnc1. The van der Waals surface area contributed by atoms with Gasteiger partial charge in [-0.05, 0) is 11.6 Å². The summed E-state index contributed by atoms with van der Waals surface area (Å²) in [7, 11) is 0. The monoisotopic (exact) mass is 230 g/mol. The van der Waals surface area contributed by atoms with Crippen LogP contribution in [0.4, 0.5) is 0 Å². The van der Waals surface area contributed by atoms with Crippen molar-refractivity contribution in [1.82, 2.24) is 15.2 Å². The Bertz CT molecular complexity index is 426. The average molecular weight is 230 g/mol. The van der Waals surface area contributed by atoms with Crippen molar-refractivity contribution in [2.75, 3.05) is 19.6 Å². The molecule has 2 rings (SSSR count). The molecule has 17 heavy (non-hydrogen) atoms. The van der Waals surface area contributed by atoms with Gasteiger partial charge in [-0.15, -0.1) is 0 Å². The zero-order chi connectivity index (χ0) is 12.1. The molecule has 0 spiro atoms. The normalized spacial score (nSPS) is 19.7. The third-order valence-electron chi connectivity index (χ3n) is 2.79. The molecule has 0 aliphatic carbocycles. The summed E-state index contributed by atoms with van der Waals surface area (Å²) in [5.74, 6) is -0.00829. The molecule has 1 aliphatic rings. The molecule has 1 atom stereocenters. The molecule has 0 saturated carbocycles. The number of pyridine rings is 1. The lowest BCUT2D eigenvalue weighted by atomic mass is 10.1. The van der Waals surface area contributed by atoms with E-state index in [4.69, 9.17) is 5.26 Å². The van der Waals surface area contributed by atoms with Crippen molar-refractivity contribution < 1.29 is 4.79 Å². The van der Waals surface area contributed by atoms with E-state index in [0.29, 0.717) is 19.5 Å². The van der Waals surface area contributed by atoms with Crippen molar-refractivity contribution in [2.45, 2.75) is 12.5 Å². The molecule has 1 N–H and O–H groups in total. The molecule has 1 fully saturated rings. The molecule has 1 aromatic rings. The van der Waals surface area contributed by atoms with Crippen LogP contribution >= 0.6 is 0 Å². The highest BCUT2D eigenvalue weighted by Crippen LogP contribution is 2.07. The number of hydrogen-bond acceptors (Lipinski definition) is 4. The van der Waals surface area contributed by atoms with E-state index in [2.05, 4.69) is 16.4 Å². The molecule has 1 aliphatic heterocycles. The Morgan fingerprint density at radius 3 is 3.29 bits per heavy atom. The van der Waals surface area contributed by atoms with Crippen molar-refractivity contribution in [3.8, 4) is 6.07 Å². The van der Waals surface area contributed by atoms with Crippen molar-refractivity contribution >= 4 is 5.91 Å². The van der Waals surface area contributed by atoms with Gasteiger partial charge in [-0.2, -0.15) is 5.26 Å². The minimum atomic E-state index is -0.354. The number of hydrogen-bond donors (Lipinski definition) is 1. The number of rotatable bonds is 2. The van der Waals surface area contributed by atoms with Crippen molar-refractivity contribution in [3.63, 3.8) is 0 Å². The topological polar surface area (TPSA) is 69.0 Å². The smallest absolute Gasteiger partial charge is 0.228 e. The summed E-state index contributed by atoms with van der Waals surface area (Å²) in [6.45, 7) is 1.89. The van der Waals surface area contributed by atoms with Crippen LogP contribution in [0, 0.1) is 11.3 Å². The molecular weight excluding hydrogens is 216 g/mol. The van der Waals surface area contributed by atoms with Crippen molar-refractivity contribution in [2.24, 2.45) is 0 Å². The lowest BCUT2D eigenvalue weighted by Crippen LogP contribution is -2.53. The van der Waals surface area contributed by atoms with E-state index >= 15 is 0 Å². The highest BCUT2D eigenvalue weighted by Gasteiger charge is 2.25. The van der Waals surface area contributed by atoms with Crippen molar-refractivity contribution in [3.05, 3.63) is 30.1 Å². The Morgan fingerprint density at radius 2 is 2.59 bits per heavy atom. The first-order valence-electron chi connectivity index (χ1n) is 5.60. The van der Waals surface area contributed by atoms with E-state index in [1.165, 1.54) is 0 Å². The van der Waals surface area contributed by atoms with Gasteiger partial charge in [0.15, 0.2) is 0 Å². The van der Waals surface area contributed by atoms with Gasteiger partial charge in [0.1, 0.15) is 6.04 Å². The van der Waals surface area contributed by atoms with Crippen LogP contribution in [0.2, 0.25) is 0 Å². The molecule has 5 nitrogen and oxygen atoms in total. The Hall–Kier alpha value is -1.93. The quantitative estimate of drug-likeness (QED) is 0.773. The number of amides is 1. The van der Waals surface area contributed by atoms with Crippen LogP contribution in [-0.4, -0.2) is 41.5 Å². The average Bonchev–Trinajstić information content (AvgIpc) is 2.40. The third kappa shape index (κ3) is 2.80. The maximum Gasteiger partial charge on any atom is 0.228 e. The summed E-state index contributed by atoms with van der Waals surface area (Å²) < 4.78 is 0. The second kappa shape index (κ2) is 5.41. The molecule has 1 saturated heterocycles.